The van der Waals surface area contributed by atoms with Crippen molar-refractivity contribution in [2.75, 3.05) is 0 Å². The van der Waals surface area contributed by atoms with Gasteiger partial charge in [0.25, 0.3) is 0 Å². The van der Waals surface area contributed by atoms with E-state index >= 15 is 0 Å². The second-order valence-electron chi connectivity index (χ2n) is 8.38. The number of hydrogen-bond acceptors (Lipinski definition) is 2. The molecule has 3 heteroatoms. The summed E-state index contributed by atoms with van der Waals surface area (Å²) in [6.07, 6.45) is 13.6. The van der Waals surface area contributed by atoms with E-state index in [0.29, 0.717) is 5.56 Å². The van der Waals surface area contributed by atoms with Gasteiger partial charge in [-0.15, -0.1) is 0 Å². The van der Waals surface area contributed by atoms with Gasteiger partial charge >= 0.3 is 0 Å². The Bertz CT molecular complexity index is 934. The van der Waals surface area contributed by atoms with Gasteiger partial charge in [-0.1, -0.05) is 88.8 Å². The molecule has 0 N–H and O–H groups in total. The number of halogens is 1. The van der Waals surface area contributed by atoms with Crippen molar-refractivity contribution in [2.45, 2.75) is 78.1 Å². The van der Waals surface area contributed by atoms with E-state index in [0.717, 1.165) is 47.5 Å². The third-order valence-electron chi connectivity index (χ3n) is 5.81. The lowest BCUT2D eigenvalue weighted by molar-refractivity contribution is 0.626. The third kappa shape index (κ3) is 6.99. The summed E-state index contributed by atoms with van der Waals surface area (Å²) in [5, 5.41) is 0. The fourth-order valence-corrected chi connectivity index (χ4v) is 3.91. The van der Waals surface area contributed by atoms with E-state index in [1.807, 2.05) is 42.6 Å². The molecule has 0 atom stereocenters. The highest BCUT2D eigenvalue weighted by Crippen LogP contribution is 2.27. The summed E-state index contributed by atoms with van der Waals surface area (Å²) in [4.78, 5) is 9.19. The quantitative estimate of drug-likeness (QED) is 0.277. The molecule has 1 aromatic heterocycles. The molecule has 0 aliphatic rings. The molecule has 0 saturated heterocycles. The molecular formula is C28H35FN2. The maximum absolute atomic E-state index is 14.7. The highest BCUT2D eigenvalue weighted by molar-refractivity contribution is 5.68. The van der Waals surface area contributed by atoms with E-state index < -0.39 is 0 Å². The van der Waals surface area contributed by atoms with Gasteiger partial charge in [-0.3, -0.25) is 0 Å². The lowest BCUT2D eigenvalue weighted by Crippen LogP contribution is -1.96. The van der Waals surface area contributed by atoms with Crippen molar-refractivity contribution >= 4 is 0 Å². The predicted octanol–water partition coefficient (Wildman–Crippen LogP) is 8.20. The van der Waals surface area contributed by atoms with Gasteiger partial charge in [-0.05, 0) is 48.9 Å². The lowest BCUT2D eigenvalue weighted by atomic mass is 9.99. The summed E-state index contributed by atoms with van der Waals surface area (Å²) in [5.41, 5.74) is 4.66. The second-order valence-corrected chi connectivity index (χ2v) is 8.38. The first-order chi connectivity index (χ1) is 15.2. The van der Waals surface area contributed by atoms with Gasteiger partial charge in [0.15, 0.2) is 5.82 Å². The van der Waals surface area contributed by atoms with E-state index in [2.05, 4.69) is 24.9 Å². The van der Waals surface area contributed by atoms with Crippen molar-refractivity contribution in [3.05, 3.63) is 71.8 Å². The molecule has 164 valence electrons. The van der Waals surface area contributed by atoms with Crippen LogP contribution in [0.2, 0.25) is 0 Å². The van der Waals surface area contributed by atoms with E-state index in [1.165, 1.54) is 44.9 Å². The summed E-state index contributed by atoms with van der Waals surface area (Å²) in [7, 11) is 0. The molecule has 0 radical (unpaired) electrons. The standard InChI is InChI=1S/C28H35FN2/c1-3-5-7-8-10-12-25-19-20-30-28(31-25)24-16-14-23(15-17-24)26-18-13-22(21-27(26)29)11-9-6-4-2/h13-21H,3-12H2,1-2H3. The predicted molar refractivity (Wildman–Crippen MR) is 129 cm³/mol. The molecule has 2 aromatic carbocycles. The molecule has 3 aromatic rings. The first-order valence-electron chi connectivity index (χ1n) is 11.9. The van der Waals surface area contributed by atoms with Gasteiger partial charge in [-0.2, -0.15) is 0 Å². The Labute approximate surface area is 187 Å². The van der Waals surface area contributed by atoms with Crippen LogP contribution in [0.25, 0.3) is 22.5 Å². The molecule has 0 spiro atoms. The Morgan fingerprint density at radius 1 is 0.710 bits per heavy atom. The fourth-order valence-electron chi connectivity index (χ4n) is 3.91. The topological polar surface area (TPSA) is 25.8 Å². The largest absolute Gasteiger partial charge is 0.237 e. The van der Waals surface area contributed by atoms with Crippen LogP contribution < -0.4 is 0 Å². The van der Waals surface area contributed by atoms with E-state index in [-0.39, 0.29) is 5.82 Å². The van der Waals surface area contributed by atoms with Gasteiger partial charge < -0.3 is 0 Å². The molecular weight excluding hydrogens is 383 g/mol. The number of aromatic nitrogens is 2. The molecule has 1 heterocycles. The molecule has 0 unspecified atom stereocenters. The summed E-state index contributed by atoms with van der Waals surface area (Å²) in [6.45, 7) is 4.42. The number of aryl methyl sites for hydroxylation is 2. The minimum Gasteiger partial charge on any atom is -0.237 e. The first-order valence-corrected chi connectivity index (χ1v) is 11.9. The van der Waals surface area contributed by atoms with Gasteiger partial charge in [-0.25, -0.2) is 14.4 Å². The summed E-state index contributed by atoms with van der Waals surface area (Å²) in [5.74, 6) is 0.590. The fraction of sp³-hybridized carbons (Fsp3) is 0.429. The van der Waals surface area contributed by atoms with Crippen molar-refractivity contribution in [1.29, 1.82) is 0 Å². The van der Waals surface area contributed by atoms with E-state index in [1.54, 1.807) is 6.07 Å². The number of nitrogens with zero attached hydrogens (tertiary/aromatic N) is 2. The zero-order chi connectivity index (χ0) is 21.9. The van der Waals surface area contributed by atoms with Crippen LogP contribution in [0.1, 0.15) is 76.5 Å². The van der Waals surface area contributed by atoms with Gasteiger partial charge in [0, 0.05) is 23.0 Å². The average molecular weight is 419 g/mol. The van der Waals surface area contributed by atoms with Crippen LogP contribution in [0.3, 0.4) is 0 Å². The minimum absolute atomic E-state index is 0.150. The number of hydrogen-bond donors (Lipinski definition) is 0. The van der Waals surface area contributed by atoms with Crippen molar-refractivity contribution < 1.29 is 4.39 Å². The highest BCUT2D eigenvalue weighted by atomic mass is 19.1. The molecule has 0 bridgehead atoms. The zero-order valence-corrected chi connectivity index (χ0v) is 19.0. The van der Waals surface area contributed by atoms with Crippen LogP contribution in [0.5, 0.6) is 0 Å². The second kappa shape index (κ2) is 12.3. The number of unbranched alkanes of at least 4 members (excludes halogenated alkanes) is 6. The molecule has 0 aliphatic heterocycles. The Morgan fingerprint density at radius 2 is 1.39 bits per heavy atom. The average Bonchev–Trinajstić information content (AvgIpc) is 2.80. The van der Waals surface area contributed by atoms with E-state index in [4.69, 9.17) is 4.98 Å². The molecule has 2 nitrogen and oxygen atoms in total. The first kappa shape index (κ1) is 23.1. The monoisotopic (exact) mass is 418 g/mol. The Balaban J connectivity index is 1.65. The molecule has 31 heavy (non-hydrogen) atoms. The Hall–Kier alpha value is -2.55. The van der Waals surface area contributed by atoms with Gasteiger partial charge in [0.05, 0.1) is 0 Å². The maximum Gasteiger partial charge on any atom is 0.159 e. The third-order valence-corrected chi connectivity index (χ3v) is 5.81. The zero-order valence-electron chi connectivity index (χ0n) is 19.0. The summed E-state index contributed by atoms with van der Waals surface area (Å²) in [6, 6.07) is 15.6. The van der Waals surface area contributed by atoms with Crippen molar-refractivity contribution in [2.24, 2.45) is 0 Å². The van der Waals surface area contributed by atoms with Crippen molar-refractivity contribution in [1.82, 2.24) is 9.97 Å². The van der Waals surface area contributed by atoms with Gasteiger partial charge in [0.2, 0.25) is 0 Å². The maximum atomic E-state index is 14.7. The van der Waals surface area contributed by atoms with Crippen LogP contribution in [0, 0.1) is 5.82 Å². The normalized spacial score (nSPS) is 11.1. The van der Waals surface area contributed by atoms with Gasteiger partial charge in [0.1, 0.15) is 5.82 Å². The van der Waals surface area contributed by atoms with Crippen LogP contribution in [-0.4, -0.2) is 9.97 Å². The summed E-state index contributed by atoms with van der Waals surface area (Å²) < 4.78 is 14.7. The van der Waals surface area contributed by atoms with Crippen LogP contribution in [0.15, 0.2) is 54.7 Å². The molecule has 0 fully saturated rings. The van der Waals surface area contributed by atoms with Crippen LogP contribution in [0.4, 0.5) is 4.39 Å². The Kier molecular flexibility index (Phi) is 9.20. The minimum atomic E-state index is -0.150. The Morgan fingerprint density at radius 3 is 2.13 bits per heavy atom. The molecule has 0 saturated carbocycles. The molecule has 0 aliphatic carbocycles. The lowest BCUT2D eigenvalue weighted by Gasteiger charge is -2.08. The smallest absolute Gasteiger partial charge is 0.159 e. The summed E-state index contributed by atoms with van der Waals surface area (Å²) >= 11 is 0. The highest BCUT2D eigenvalue weighted by Gasteiger charge is 2.08. The SMILES string of the molecule is CCCCCCCc1ccnc(-c2ccc(-c3ccc(CCCCC)cc3F)cc2)n1. The van der Waals surface area contributed by atoms with Crippen LogP contribution >= 0.6 is 0 Å². The molecule has 0 amide bonds. The van der Waals surface area contributed by atoms with Crippen LogP contribution in [-0.2, 0) is 12.8 Å². The van der Waals surface area contributed by atoms with Crippen molar-refractivity contribution in [3.8, 4) is 22.5 Å². The van der Waals surface area contributed by atoms with E-state index in [9.17, 15) is 4.39 Å². The number of rotatable bonds is 12. The number of benzene rings is 2. The van der Waals surface area contributed by atoms with Crippen molar-refractivity contribution in [3.63, 3.8) is 0 Å². The molecule has 3 rings (SSSR count).